The molecule has 0 heterocycles. The third kappa shape index (κ3) is 6.03. The highest BCUT2D eigenvalue weighted by Gasteiger charge is 2.21. The number of nitro benzene ring substituents is 1. The Morgan fingerprint density at radius 2 is 1.76 bits per heavy atom. The van der Waals surface area contributed by atoms with Gasteiger partial charge in [-0.1, -0.05) is 44.2 Å². The smallest absolute Gasteiger partial charge is 0.344 e. The van der Waals surface area contributed by atoms with E-state index >= 15 is 0 Å². The first-order valence-corrected chi connectivity index (χ1v) is 9.29. The summed E-state index contributed by atoms with van der Waals surface area (Å²) < 4.78 is 10.3. The van der Waals surface area contributed by atoms with Gasteiger partial charge in [-0.25, -0.2) is 4.79 Å². The van der Waals surface area contributed by atoms with Crippen LogP contribution in [0.4, 0.5) is 11.4 Å². The summed E-state index contributed by atoms with van der Waals surface area (Å²) >= 11 is 0. The maximum absolute atomic E-state index is 12.4. The minimum Gasteiger partial charge on any atom is -0.475 e. The lowest BCUT2D eigenvalue weighted by Gasteiger charge is -2.18. The van der Waals surface area contributed by atoms with Crippen LogP contribution in [-0.2, 0) is 14.3 Å². The number of nitrogens with one attached hydrogen (secondary N) is 1. The van der Waals surface area contributed by atoms with Gasteiger partial charge < -0.3 is 14.8 Å². The van der Waals surface area contributed by atoms with Gasteiger partial charge in [0, 0.05) is 11.8 Å². The van der Waals surface area contributed by atoms with Gasteiger partial charge in [-0.2, -0.15) is 0 Å². The monoisotopic (exact) mass is 400 g/mol. The quantitative estimate of drug-likeness (QED) is 0.386. The molecule has 0 aliphatic heterocycles. The molecule has 0 saturated carbocycles. The van der Waals surface area contributed by atoms with E-state index in [9.17, 15) is 19.7 Å². The zero-order chi connectivity index (χ0) is 21.4. The summed E-state index contributed by atoms with van der Waals surface area (Å²) in [4.78, 5) is 34.8. The lowest BCUT2D eigenvalue weighted by Crippen LogP contribution is -2.32. The largest absolute Gasteiger partial charge is 0.475 e. The molecule has 2 atom stereocenters. The Bertz CT molecular complexity index is 883. The van der Waals surface area contributed by atoms with E-state index in [0.29, 0.717) is 5.69 Å². The first-order valence-electron chi connectivity index (χ1n) is 9.29. The third-order valence-electron chi connectivity index (χ3n) is 4.45. The second kappa shape index (κ2) is 10.2. The molecular weight excluding hydrogens is 376 g/mol. The van der Waals surface area contributed by atoms with Crippen LogP contribution >= 0.6 is 0 Å². The van der Waals surface area contributed by atoms with Gasteiger partial charge >= 0.3 is 11.7 Å². The van der Waals surface area contributed by atoms with Crippen LogP contribution in [0, 0.1) is 10.1 Å². The zero-order valence-corrected chi connectivity index (χ0v) is 16.6. The zero-order valence-electron chi connectivity index (χ0n) is 16.6. The van der Waals surface area contributed by atoms with E-state index in [1.54, 1.807) is 12.1 Å². The summed E-state index contributed by atoms with van der Waals surface area (Å²) in [5.74, 6) is -1.06. The predicted molar refractivity (Wildman–Crippen MR) is 108 cm³/mol. The van der Waals surface area contributed by atoms with Crippen molar-refractivity contribution in [3.8, 4) is 5.75 Å². The number of benzene rings is 2. The highest BCUT2D eigenvalue weighted by Crippen LogP contribution is 2.27. The van der Waals surface area contributed by atoms with E-state index in [1.807, 2.05) is 18.2 Å². The Kier molecular flexibility index (Phi) is 7.70. The molecule has 0 bridgehead atoms. The average molecular weight is 400 g/mol. The first kappa shape index (κ1) is 21.9. The van der Waals surface area contributed by atoms with Gasteiger partial charge in [-0.15, -0.1) is 0 Å². The summed E-state index contributed by atoms with van der Waals surface area (Å²) in [6.45, 7) is 5.02. The number of carbonyl (C=O) groups is 2. The highest BCUT2D eigenvalue weighted by atomic mass is 16.6. The Morgan fingerprint density at radius 1 is 1.10 bits per heavy atom. The van der Waals surface area contributed by atoms with Gasteiger partial charge in [0.25, 0.3) is 5.91 Å². The van der Waals surface area contributed by atoms with Crippen LogP contribution in [-0.4, -0.2) is 29.5 Å². The fourth-order valence-electron chi connectivity index (χ4n) is 2.65. The molecule has 0 fully saturated rings. The molecule has 2 aromatic rings. The molecule has 8 nitrogen and oxygen atoms in total. The number of anilines is 1. The van der Waals surface area contributed by atoms with Crippen molar-refractivity contribution in [2.75, 3.05) is 11.9 Å². The van der Waals surface area contributed by atoms with E-state index < -0.39 is 29.5 Å². The van der Waals surface area contributed by atoms with Crippen molar-refractivity contribution in [1.29, 1.82) is 0 Å². The molecule has 2 aromatic carbocycles. The van der Waals surface area contributed by atoms with Crippen molar-refractivity contribution >= 4 is 23.3 Å². The molecule has 0 aliphatic carbocycles. The van der Waals surface area contributed by atoms with Crippen molar-refractivity contribution in [2.24, 2.45) is 0 Å². The van der Waals surface area contributed by atoms with Crippen molar-refractivity contribution in [2.45, 2.75) is 39.2 Å². The first-order chi connectivity index (χ1) is 13.8. The Morgan fingerprint density at radius 3 is 2.45 bits per heavy atom. The molecule has 0 saturated heterocycles. The van der Waals surface area contributed by atoms with Crippen molar-refractivity contribution < 1.29 is 24.0 Å². The predicted octanol–water partition coefficient (Wildman–Crippen LogP) is 4.06. The number of nitrogens with zero attached hydrogens (tertiary/aromatic N) is 1. The number of para-hydroxylation sites is 3. The maximum atomic E-state index is 12.4. The van der Waals surface area contributed by atoms with Gasteiger partial charge in [0.2, 0.25) is 0 Å². The summed E-state index contributed by atoms with van der Waals surface area (Å²) in [7, 11) is 0. The van der Waals surface area contributed by atoms with Crippen molar-refractivity contribution in [3.63, 3.8) is 0 Å². The number of ether oxygens (including phenoxy) is 2. The molecule has 29 heavy (non-hydrogen) atoms. The number of rotatable bonds is 9. The van der Waals surface area contributed by atoms with E-state index in [4.69, 9.17) is 9.47 Å². The lowest BCUT2D eigenvalue weighted by atomic mass is 9.97. The van der Waals surface area contributed by atoms with Crippen LogP contribution in [0.5, 0.6) is 5.75 Å². The normalized spacial score (nSPS) is 12.5. The molecule has 0 aliphatic rings. The second-order valence-electron chi connectivity index (χ2n) is 6.53. The molecule has 0 radical (unpaired) electrons. The minimum absolute atomic E-state index is 0.0472. The molecule has 1 amide bonds. The number of nitro groups is 1. The van der Waals surface area contributed by atoms with Crippen LogP contribution in [0.1, 0.15) is 38.7 Å². The number of amides is 1. The van der Waals surface area contributed by atoms with Crippen molar-refractivity contribution in [3.05, 3.63) is 64.2 Å². The summed E-state index contributed by atoms with van der Waals surface area (Å²) in [6.07, 6.45) is -0.137. The Balaban J connectivity index is 1.93. The van der Waals surface area contributed by atoms with Crippen LogP contribution in [0.3, 0.4) is 0 Å². The topological polar surface area (TPSA) is 108 Å². The molecule has 2 rings (SSSR count). The van der Waals surface area contributed by atoms with Crippen LogP contribution in [0.15, 0.2) is 48.5 Å². The Hall–Kier alpha value is -3.42. The molecule has 0 aromatic heterocycles. The van der Waals surface area contributed by atoms with Crippen LogP contribution < -0.4 is 10.1 Å². The summed E-state index contributed by atoms with van der Waals surface area (Å²) in [6, 6.07) is 13.2. The SMILES string of the molecule is CC[C@@H](C)c1ccccc1NC(=O)[C@H](C)OC(=O)COc1ccccc1[N+](=O)[O-]. The lowest BCUT2D eigenvalue weighted by molar-refractivity contribution is -0.385. The second-order valence-corrected chi connectivity index (χ2v) is 6.53. The number of hydrogen-bond donors (Lipinski definition) is 1. The molecule has 8 heteroatoms. The maximum Gasteiger partial charge on any atom is 0.344 e. The van der Waals surface area contributed by atoms with Gasteiger partial charge in [0.15, 0.2) is 18.5 Å². The number of carbonyl (C=O) groups excluding carboxylic acids is 2. The molecule has 0 unspecified atom stereocenters. The molecule has 154 valence electrons. The fraction of sp³-hybridized carbons (Fsp3) is 0.333. The highest BCUT2D eigenvalue weighted by molar-refractivity contribution is 5.95. The van der Waals surface area contributed by atoms with Gasteiger partial charge in [-0.3, -0.25) is 14.9 Å². The van der Waals surface area contributed by atoms with E-state index in [0.717, 1.165) is 12.0 Å². The fourth-order valence-corrected chi connectivity index (χ4v) is 2.65. The average Bonchev–Trinajstić information content (AvgIpc) is 2.72. The molecular formula is C21H24N2O6. The third-order valence-corrected chi connectivity index (χ3v) is 4.45. The molecule has 1 N–H and O–H groups in total. The van der Waals surface area contributed by atoms with Gasteiger partial charge in [0.1, 0.15) is 0 Å². The number of esters is 1. The van der Waals surface area contributed by atoms with Crippen LogP contribution in [0.25, 0.3) is 0 Å². The van der Waals surface area contributed by atoms with Crippen molar-refractivity contribution in [1.82, 2.24) is 0 Å². The standard InChI is InChI=1S/C21H24N2O6/c1-4-14(2)16-9-5-6-10-17(16)22-21(25)15(3)29-20(24)13-28-19-12-8-7-11-18(19)23(26)27/h5-12,14-15H,4,13H2,1-3H3,(H,22,25)/t14-,15+/m1/s1. The van der Waals surface area contributed by atoms with Gasteiger partial charge in [-0.05, 0) is 37.0 Å². The molecule has 0 spiro atoms. The van der Waals surface area contributed by atoms with E-state index in [1.165, 1.54) is 25.1 Å². The summed E-state index contributed by atoms with van der Waals surface area (Å²) in [5, 5.41) is 13.7. The summed E-state index contributed by atoms with van der Waals surface area (Å²) in [5.41, 5.74) is 1.42. The van der Waals surface area contributed by atoms with E-state index in [2.05, 4.69) is 19.2 Å². The van der Waals surface area contributed by atoms with Gasteiger partial charge in [0.05, 0.1) is 4.92 Å². The van der Waals surface area contributed by atoms with E-state index in [-0.39, 0.29) is 17.4 Å². The minimum atomic E-state index is -1.05. The van der Waals surface area contributed by atoms with Crippen LogP contribution in [0.2, 0.25) is 0 Å². The Labute approximate surface area is 169 Å². The number of hydrogen-bond acceptors (Lipinski definition) is 6.